The summed E-state index contributed by atoms with van der Waals surface area (Å²) < 4.78 is 30.3. The van der Waals surface area contributed by atoms with Crippen LogP contribution >= 0.6 is 0 Å². The summed E-state index contributed by atoms with van der Waals surface area (Å²) in [6.45, 7) is 4.30. The largest absolute Gasteiger partial charge is 0.206 e. The van der Waals surface area contributed by atoms with Gasteiger partial charge in [-0.25, -0.2) is 8.78 Å². The minimum atomic E-state index is -0.419. The molecule has 0 N–H and O–H groups in total. The molecule has 4 atom stereocenters. The van der Waals surface area contributed by atoms with Crippen molar-refractivity contribution in [2.45, 2.75) is 90.4 Å². The second kappa shape index (κ2) is 11.4. The number of fused-ring (bicyclic) bond motifs is 1. The molecular formula is C31H40F2. The second-order valence-electron chi connectivity index (χ2n) is 10.5. The Labute approximate surface area is 199 Å². The molecule has 2 heteroatoms. The Bertz CT molecular complexity index is 903. The van der Waals surface area contributed by atoms with E-state index in [0.717, 1.165) is 49.0 Å². The normalized spacial score (nSPS) is 25.3. The van der Waals surface area contributed by atoms with Crippen molar-refractivity contribution in [3.63, 3.8) is 0 Å². The molecule has 2 aliphatic rings. The lowest BCUT2D eigenvalue weighted by Crippen LogP contribution is -2.30. The third-order valence-corrected chi connectivity index (χ3v) is 8.30. The lowest BCUT2D eigenvalue weighted by atomic mass is 9.63. The van der Waals surface area contributed by atoms with Gasteiger partial charge in [0.15, 0.2) is 0 Å². The van der Waals surface area contributed by atoms with E-state index in [0.29, 0.717) is 11.5 Å². The van der Waals surface area contributed by atoms with Crippen molar-refractivity contribution < 1.29 is 8.78 Å². The van der Waals surface area contributed by atoms with Crippen LogP contribution < -0.4 is 0 Å². The van der Waals surface area contributed by atoms with E-state index in [1.165, 1.54) is 50.5 Å². The molecule has 0 heterocycles. The zero-order valence-electron chi connectivity index (χ0n) is 20.5. The van der Waals surface area contributed by atoms with Crippen molar-refractivity contribution in [3.8, 4) is 11.1 Å². The molecule has 0 bridgehead atoms. The molecule has 2 aromatic rings. The topological polar surface area (TPSA) is 0 Å². The highest BCUT2D eigenvalue weighted by atomic mass is 19.1. The van der Waals surface area contributed by atoms with Crippen LogP contribution in [0.2, 0.25) is 0 Å². The van der Waals surface area contributed by atoms with E-state index < -0.39 is 11.6 Å². The van der Waals surface area contributed by atoms with Gasteiger partial charge in [-0.15, -0.1) is 0 Å². The SMILES string of the molecule is C/C=C/CCc1ccc(-c2c(F)cc(C3CCC4CC(CCCC)CCC4C3)cc2F)cc1. The predicted molar refractivity (Wildman–Crippen MR) is 135 cm³/mol. The van der Waals surface area contributed by atoms with E-state index in [-0.39, 0.29) is 5.56 Å². The summed E-state index contributed by atoms with van der Waals surface area (Å²) in [5, 5.41) is 0. The zero-order chi connectivity index (χ0) is 23.2. The van der Waals surface area contributed by atoms with Gasteiger partial charge in [0.05, 0.1) is 5.56 Å². The molecule has 0 saturated heterocycles. The summed E-state index contributed by atoms with van der Waals surface area (Å²) in [6, 6.07) is 10.9. The van der Waals surface area contributed by atoms with Gasteiger partial charge in [0.25, 0.3) is 0 Å². The number of halogens is 2. The fourth-order valence-electron chi connectivity index (χ4n) is 6.40. The highest BCUT2D eigenvalue weighted by Gasteiger charge is 2.36. The van der Waals surface area contributed by atoms with Crippen LogP contribution in [0.25, 0.3) is 11.1 Å². The molecule has 0 nitrogen and oxygen atoms in total. The van der Waals surface area contributed by atoms with Crippen LogP contribution in [0, 0.1) is 29.4 Å². The lowest BCUT2D eigenvalue weighted by Gasteiger charge is -2.42. The van der Waals surface area contributed by atoms with Crippen LogP contribution in [0.3, 0.4) is 0 Å². The number of allylic oxidation sites excluding steroid dienone is 2. The van der Waals surface area contributed by atoms with Crippen LogP contribution in [0.1, 0.15) is 95.1 Å². The quantitative estimate of drug-likeness (QED) is 0.351. The number of aryl methyl sites for hydroxylation is 1. The first-order valence-corrected chi connectivity index (χ1v) is 13.3. The van der Waals surface area contributed by atoms with Crippen molar-refractivity contribution >= 4 is 0 Å². The summed E-state index contributed by atoms with van der Waals surface area (Å²) in [7, 11) is 0. The van der Waals surface area contributed by atoms with Crippen molar-refractivity contribution in [3.05, 3.63) is 71.3 Å². The first-order valence-electron chi connectivity index (χ1n) is 13.3. The van der Waals surface area contributed by atoms with Gasteiger partial charge in [0.2, 0.25) is 0 Å². The molecule has 33 heavy (non-hydrogen) atoms. The molecule has 2 fully saturated rings. The predicted octanol–water partition coefficient (Wildman–Crippen LogP) is 9.63. The molecule has 0 aromatic heterocycles. The van der Waals surface area contributed by atoms with Crippen LogP contribution in [0.5, 0.6) is 0 Å². The molecule has 4 unspecified atom stereocenters. The molecular weight excluding hydrogens is 410 g/mol. The Hall–Kier alpha value is -1.96. The smallest absolute Gasteiger partial charge is 0.134 e. The minimum Gasteiger partial charge on any atom is -0.206 e. The van der Waals surface area contributed by atoms with Crippen molar-refractivity contribution in [2.24, 2.45) is 17.8 Å². The van der Waals surface area contributed by atoms with Gasteiger partial charge >= 0.3 is 0 Å². The van der Waals surface area contributed by atoms with Crippen molar-refractivity contribution in [2.75, 3.05) is 0 Å². The average molecular weight is 451 g/mol. The standard InChI is InChI=1S/C31H40F2/c1-3-5-7-9-22-10-13-24(14-11-22)31-29(32)20-28(21-30(31)33)27-17-16-25-18-23(8-6-4-2)12-15-26(25)19-27/h3,5,10-11,13-14,20-21,23,25-27H,4,6-9,12,15-19H2,1-2H3/b5-3+. The highest BCUT2D eigenvalue weighted by Crippen LogP contribution is 2.48. The Morgan fingerprint density at radius 3 is 2.30 bits per heavy atom. The van der Waals surface area contributed by atoms with E-state index in [9.17, 15) is 0 Å². The van der Waals surface area contributed by atoms with E-state index in [2.05, 4.69) is 13.0 Å². The van der Waals surface area contributed by atoms with Crippen LogP contribution in [-0.2, 0) is 6.42 Å². The first kappa shape index (κ1) is 24.2. The Morgan fingerprint density at radius 1 is 0.909 bits per heavy atom. The number of hydrogen-bond acceptors (Lipinski definition) is 0. The third kappa shape index (κ3) is 5.94. The summed E-state index contributed by atoms with van der Waals surface area (Å²) in [5.41, 5.74) is 2.79. The maximum atomic E-state index is 15.2. The number of rotatable bonds is 8. The summed E-state index contributed by atoms with van der Waals surface area (Å²) >= 11 is 0. The van der Waals surface area contributed by atoms with Crippen molar-refractivity contribution in [1.29, 1.82) is 0 Å². The molecule has 0 radical (unpaired) electrons. The molecule has 0 amide bonds. The second-order valence-corrected chi connectivity index (χ2v) is 10.5. The Kier molecular flexibility index (Phi) is 8.39. The molecule has 0 aliphatic heterocycles. The van der Waals surface area contributed by atoms with Gasteiger partial charge in [-0.2, -0.15) is 0 Å². The first-order chi connectivity index (χ1) is 16.1. The van der Waals surface area contributed by atoms with Gasteiger partial charge in [0, 0.05) is 0 Å². The Balaban J connectivity index is 1.43. The maximum Gasteiger partial charge on any atom is 0.134 e. The van der Waals surface area contributed by atoms with E-state index in [1.807, 2.05) is 37.3 Å². The van der Waals surface area contributed by atoms with Crippen LogP contribution in [0.4, 0.5) is 8.78 Å². The van der Waals surface area contributed by atoms with E-state index in [1.54, 1.807) is 12.1 Å². The average Bonchev–Trinajstić information content (AvgIpc) is 2.83. The summed E-state index contributed by atoms with van der Waals surface area (Å²) in [6.07, 6.45) is 17.6. The number of benzene rings is 2. The van der Waals surface area contributed by atoms with Gasteiger partial charge in [-0.05, 0) is 104 Å². The van der Waals surface area contributed by atoms with E-state index in [4.69, 9.17) is 0 Å². The fourth-order valence-corrected chi connectivity index (χ4v) is 6.40. The van der Waals surface area contributed by atoms with Gasteiger partial charge in [-0.3, -0.25) is 0 Å². The zero-order valence-corrected chi connectivity index (χ0v) is 20.5. The van der Waals surface area contributed by atoms with Crippen molar-refractivity contribution in [1.82, 2.24) is 0 Å². The molecule has 4 rings (SSSR count). The van der Waals surface area contributed by atoms with Crippen LogP contribution in [0.15, 0.2) is 48.6 Å². The number of hydrogen-bond donors (Lipinski definition) is 0. The molecule has 2 aliphatic carbocycles. The molecule has 0 spiro atoms. The minimum absolute atomic E-state index is 0.115. The maximum absolute atomic E-state index is 15.2. The highest BCUT2D eigenvalue weighted by molar-refractivity contribution is 5.65. The third-order valence-electron chi connectivity index (χ3n) is 8.30. The van der Waals surface area contributed by atoms with Gasteiger partial charge in [-0.1, -0.05) is 69.0 Å². The van der Waals surface area contributed by atoms with E-state index >= 15 is 8.78 Å². The Morgan fingerprint density at radius 2 is 1.61 bits per heavy atom. The lowest BCUT2D eigenvalue weighted by molar-refractivity contribution is 0.113. The summed E-state index contributed by atoms with van der Waals surface area (Å²) in [4.78, 5) is 0. The fraction of sp³-hybridized carbons (Fsp3) is 0.548. The summed E-state index contributed by atoms with van der Waals surface area (Å²) in [5.74, 6) is 1.94. The molecule has 2 aromatic carbocycles. The van der Waals surface area contributed by atoms with Gasteiger partial charge in [0.1, 0.15) is 11.6 Å². The van der Waals surface area contributed by atoms with Crippen LogP contribution in [-0.4, -0.2) is 0 Å². The molecule has 2 saturated carbocycles. The monoisotopic (exact) mass is 450 g/mol. The van der Waals surface area contributed by atoms with Gasteiger partial charge < -0.3 is 0 Å². The molecule has 178 valence electrons. The number of unbranched alkanes of at least 4 members (excludes halogenated alkanes) is 1.